The normalized spacial score (nSPS) is 9.80. The molecule has 54 valence electrons. The predicted octanol–water partition coefficient (Wildman–Crippen LogP) is 2.13. The summed E-state index contributed by atoms with van der Waals surface area (Å²) in [6.07, 6.45) is 0. The van der Waals surface area contributed by atoms with E-state index in [0.29, 0.717) is 9.63 Å². The number of carbonyl (C=O) groups is 1. The predicted molar refractivity (Wildman–Crippen MR) is 40.5 cm³/mol. The zero-order valence-electron chi connectivity index (χ0n) is 4.69. The highest BCUT2D eigenvalue weighted by molar-refractivity contribution is 9.10. The standard InChI is InChI=1S/C5H3BrClNO2/c6-4-2(7)1-3(8-4)5(9)10/h1,8H,(H,9,10). The van der Waals surface area contributed by atoms with Gasteiger partial charge < -0.3 is 10.1 Å². The quantitative estimate of drug-likeness (QED) is 0.768. The average molecular weight is 224 g/mol. The smallest absolute Gasteiger partial charge is 0.352 e. The van der Waals surface area contributed by atoms with E-state index < -0.39 is 5.97 Å². The van der Waals surface area contributed by atoms with Crippen molar-refractivity contribution in [3.63, 3.8) is 0 Å². The minimum Gasteiger partial charge on any atom is -0.477 e. The van der Waals surface area contributed by atoms with Gasteiger partial charge >= 0.3 is 5.97 Å². The second-order valence-corrected chi connectivity index (χ2v) is 2.85. The SMILES string of the molecule is O=C(O)c1cc(Cl)c(Br)[nH]1. The van der Waals surface area contributed by atoms with Crippen molar-refractivity contribution < 1.29 is 9.90 Å². The minimum atomic E-state index is -1.02. The number of aromatic amines is 1. The van der Waals surface area contributed by atoms with Gasteiger partial charge in [-0.1, -0.05) is 11.6 Å². The van der Waals surface area contributed by atoms with Crippen LogP contribution < -0.4 is 0 Å². The number of nitrogens with one attached hydrogen (secondary N) is 1. The number of rotatable bonds is 1. The third-order valence-electron chi connectivity index (χ3n) is 0.956. The van der Waals surface area contributed by atoms with Gasteiger partial charge in [0.1, 0.15) is 10.3 Å². The van der Waals surface area contributed by atoms with Gasteiger partial charge in [0.2, 0.25) is 0 Å². The minimum absolute atomic E-state index is 0.0804. The van der Waals surface area contributed by atoms with Crippen LogP contribution in [0.1, 0.15) is 10.5 Å². The van der Waals surface area contributed by atoms with Gasteiger partial charge in [-0.2, -0.15) is 0 Å². The lowest BCUT2D eigenvalue weighted by molar-refractivity contribution is 0.0691. The van der Waals surface area contributed by atoms with Gasteiger partial charge in [-0.25, -0.2) is 4.79 Å². The first kappa shape index (κ1) is 7.63. The highest BCUT2D eigenvalue weighted by Gasteiger charge is 2.08. The first-order chi connectivity index (χ1) is 4.61. The molecule has 3 nitrogen and oxygen atoms in total. The van der Waals surface area contributed by atoms with Crippen LogP contribution in [0.15, 0.2) is 10.7 Å². The number of aromatic carboxylic acids is 1. The molecular weight excluding hydrogens is 221 g/mol. The molecule has 1 heterocycles. The number of hydrogen-bond donors (Lipinski definition) is 2. The molecule has 1 aromatic rings. The highest BCUT2D eigenvalue weighted by atomic mass is 79.9. The molecule has 0 spiro atoms. The lowest BCUT2D eigenvalue weighted by atomic mass is 10.4. The maximum Gasteiger partial charge on any atom is 0.352 e. The van der Waals surface area contributed by atoms with Crippen LogP contribution in [0.2, 0.25) is 5.02 Å². The third-order valence-corrected chi connectivity index (χ3v) is 2.11. The molecule has 2 N–H and O–H groups in total. The maximum absolute atomic E-state index is 10.3. The molecule has 0 radical (unpaired) electrons. The van der Waals surface area contributed by atoms with Crippen LogP contribution in [-0.2, 0) is 0 Å². The molecule has 0 aliphatic heterocycles. The second-order valence-electron chi connectivity index (χ2n) is 1.65. The monoisotopic (exact) mass is 223 g/mol. The first-order valence-electron chi connectivity index (χ1n) is 2.38. The number of halogens is 2. The molecule has 0 saturated carbocycles. The van der Waals surface area contributed by atoms with E-state index >= 15 is 0 Å². The number of H-pyrrole nitrogens is 1. The van der Waals surface area contributed by atoms with Gasteiger partial charge in [0.05, 0.1) is 5.02 Å². The van der Waals surface area contributed by atoms with Gasteiger partial charge in [0, 0.05) is 0 Å². The molecule has 0 aromatic carbocycles. The fourth-order valence-corrected chi connectivity index (χ4v) is 1.00. The van der Waals surface area contributed by atoms with Crippen molar-refractivity contribution in [2.24, 2.45) is 0 Å². The van der Waals surface area contributed by atoms with E-state index in [-0.39, 0.29) is 5.69 Å². The van der Waals surface area contributed by atoms with E-state index in [4.69, 9.17) is 16.7 Å². The summed E-state index contributed by atoms with van der Waals surface area (Å²) in [6, 6.07) is 1.34. The molecule has 0 aliphatic carbocycles. The Labute approximate surface area is 70.1 Å². The van der Waals surface area contributed by atoms with Gasteiger partial charge in [-0.05, 0) is 22.0 Å². The number of carboxylic acid groups (broad SMARTS) is 1. The Bertz CT molecular complexity index is 251. The van der Waals surface area contributed by atoms with Crippen molar-refractivity contribution in [2.75, 3.05) is 0 Å². The van der Waals surface area contributed by atoms with Crippen LogP contribution in [0.4, 0.5) is 0 Å². The van der Waals surface area contributed by atoms with Crippen molar-refractivity contribution in [1.82, 2.24) is 4.98 Å². The van der Waals surface area contributed by atoms with E-state index in [1.165, 1.54) is 6.07 Å². The van der Waals surface area contributed by atoms with E-state index in [9.17, 15) is 4.79 Å². The van der Waals surface area contributed by atoms with Crippen LogP contribution in [0.3, 0.4) is 0 Å². The third kappa shape index (κ3) is 1.33. The Balaban J connectivity index is 3.10. The van der Waals surface area contributed by atoms with Crippen LogP contribution in [0, 0.1) is 0 Å². The topological polar surface area (TPSA) is 53.1 Å². The van der Waals surface area contributed by atoms with Gasteiger partial charge in [0.15, 0.2) is 0 Å². The Morgan fingerprint density at radius 1 is 1.80 bits per heavy atom. The zero-order chi connectivity index (χ0) is 7.72. The Morgan fingerprint density at radius 2 is 2.40 bits per heavy atom. The lowest BCUT2D eigenvalue weighted by Gasteiger charge is -1.82. The molecule has 0 atom stereocenters. The maximum atomic E-state index is 10.3. The average Bonchev–Trinajstić information content (AvgIpc) is 2.13. The van der Waals surface area contributed by atoms with E-state index in [2.05, 4.69) is 20.9 Å². The van der Waals surface area contributed by atoms with Crippen molar-refractivity contribution in [1.29, 1.82) is 0 Å². The summed E-state index contributed by atoms with van der Waals surface area (Å²) >= 11 is 8.57. The van der Waals surface area contributed by atoms with Crippen LogP contribution in [0.25, 0.3) is 0 Å². The van der Waals surface area contributed by atoms with Crippen molar-refractivity contribution >= 4 is 33.5 Å². The number of carboxylic acids is 1. The molecule has 0 aliphatic rings. The molecule has 0 saturated heterocycles. The van der Waals surface area contributed by atoms with E-state index in [1.807, 2.05) is 0 Å². The van der Waals surface area contributed by atoms with Crippen LogP contribution in [-0.4, -0.2) is 16.1 Å². The summed E-state index contributed by atoms with van der Waals surface area (Å²) in [6.45, 7) is 0. The van der Waals surface area contributed by atoms with E-state index in [1.54, 1.807) is 0 Å². The second kappa shape index (κ2) is 2.64. The summed E-state index contributed by atoms with van der Waals surface area (Å²) in [5.74, 6) is -1.02. The molecule has 1 rings (SSSR count). The molecule has 0 fully saturated rings. The van der Waals surface area contributed by atoms with Crippen molar-refractivity contribution in [2.45, 2.75) is 0 Å². The van der Waals surface area contributed by atoms with Crippen molar-refractivity contribution in [3.8, 4) is 0 Å². The summed E-state index contributed by atoms with van der Waals surface area (Å²) in [5, 5.41) is 8.78. The van der Waals surface area contributed by atoms with E-state index in [0.717, 1.165) is 0 Å². The Hall–Kier alpha value is -0.480. The Morgan fingerprint density at radius 3 is 2.60 bits per heavy atom. The molecule has 5 heteroatoms. The largest absolute Gasteiger partial charge is 0.477 e. The molecule has 1 aromatic heterocycles. The summed E-state index contributed by atoms with van der Waals surface area (Å²) in [7, 11) is 0. The van der Waals surface area contributed by atoms with Gasteiger partial charge in [-0.3, -0.25) is 0 Å². The van der Waals surface area contributed by atoms with Crippen LogP contribution in [0.5, 0.6) is 0 Å². The zero-order valence-corrected chi connectivity index (χ0v) is 7.03. The highest BCUT2D eigenvalue weighted by Crippen LogP contribution is 2.22. The van der Waals surface area contributed by atoms with Gasteiger partial charge in [0.25, 0.3) is 0 Å². The molecule has 10 heavy (non-hydrogen) atoms. The number of hydrogen-bond acceptors (Lipinski definition) is 1. The van der Waals surface area contributed by atoms with Crippen LogP contribution >= 0.6 is 27.5 Å². The summed E-state index contributed by atoms with van der Waals surface area (Å²) in [4.78, 5) is 12.8. The molecule has 0 unspecified atom stereocenters. The Kier molecular flexibility index (Phi) is 2.01. The van der Waals surface area contributed by atoms with Gasteiger partial charge in [-0.15, -0.1) is 0 Å². The lowest BCUT2D eigenvalue weighted by Crippen LogP contribution is -1.94. The summed E-state index contributed by atoms with van der Waals surface area (Å²) < 4.78 is 0.492. The number of aromatic nitrogens is 1. The first-order valence-corrected chi connectivity index (χ1v) is 3.55. The summed E-state index contributed by atoms with van der Waals surface area (Å²) in [5.41, 5.74) is 0.0804. The fraction of sp³-hybridized carbons (Fsp3) is 0. The van der Waals surface area contributed by atoms with Crippen molar-refractivity contribution in [3.05, 3.63) is 21.4 Å². The fourth-order valence-electron chi connectivity index (χ4n) is 0.519. The molecular formula is C5H3BrClNO2. The molecule has 0 bridgehead atoms. The molecule has 0 amide bonds.